The van der Waals surface area contributed by atoms with Gasteiger partial charge in [-0.2, -0.15) is 0 Å². The van der Waals surface area contributed by atoms with E-state index in [4.69, 9.17) is 0 Å². The molecule has 0 aromatic carbocycles. The molecule has 1 amide bonds. The second kappa shape index (κ2) is 3.06. The molecule has 2 heterocycles. The number of fused-ring (bicyclic) bond motifs is 1. The van der Waals surface area contributed by atoms with Crippen molar-refractivity contribution in [2.45, 2.75) is 13.8 Å². The molecule has 0 saturated heterocycles. The minimum Gasteiger partial charge on any atom is -0.295 e. The van der Waals surface area contributed by atoms with Gasteiger partial charge in [0.25, 0.3) is 0 Å². The van der Waals surface area contributed by atoms with Crippen molar-refractivity contribution in [3.05, 3.63) is 18.1 Å². The molecule has 0 radical (unpaired) electrons. The lowest BCUT2D eigenvalue weighted by Crippen LogP contribution is -2.09. The zero-order valence-electron chi connectivity index (χ0n) is 7.85. The monoisotopic (exact) mass is 191 g/mol. The maximum atomic E-state index is 10.8. The Bertz CT molecular complexity index is 489. The van der Waals surface area contributed by atoms with E-state index in [0.29, 0.717) is 11.6 Å². The number of hydrogen-bond acceptors (Lipinski definition) is 4. The van der Waals surface area contributed by atoms with Crippen LogP contribution in [0.25, 0.3) is 5.65 Å². The summed E-state index contributed by atoms with van der Waals surface area (Å²) in [6, 6.07) is 0. The van der Waals surface area contributed by atoms with Gasteiger partial charge in [-0.1, -0.05) is 0 Å². The van der Waals surface area contributed by atoms with Gasteiger partial charge in [0.15, 0.2) is 5.65 Å². The van der Waals surface area contributed by atoms with Gasteiger partial charge in [-0.15, -0.1) is 10.2 Å². The van der Waals surface area contributed by atoms with Gasteiger partial charge < -0.3 is 0 Å². The summed E-state index contributed by atoms with van der Waals surface area (Å²) in [4.78, 5) is 14.9. The van der Waals surface area contributed by atoms with Crippen molar-refractivity contribution in [3.8, 4) is 0 Å². The number of nitrogens with one attached hydrogen (secondary N) is 1. The summed E-state index contributed by atoms with van der Waals surface area (Å²) in [7, 11) is 0. The van der Waals surface area contributed by atoms with E-state index in [1.54, 1.807) is 16.8 Å². The highest BCUT2D eigenvalue weighted by molar-refractivity contribution is 5.87. The number of anilines is 1. The van der Waals surface area contributed by atoms with Crippen LogP contribution in [0.4, 0.5) is 5.95 Å². The molecule has 0 fully saturated rings. The van der Waals surface area contributed by atoms with Crippen molar-refractivity contribution < 1.29 is 4.79 Å². The third-order valence-corrected chi connectivity index (χ3v) is 1.79. The molecule has 6 nitrogen and oxygen atoms in total. The van der Waals surface area contributed by atoms with Crippen LogP contribution >= 0.6 is 0 Å². The zero-order chi connectivity index (χ0) is 10.1. The molecule has 0 atom stereocenters. The molecule has 0 aliphatic carbocycles. The molecule has 14 heavy (non-hydrogen) atoms. The van der Waals surface area contributed by atoms with Gasteiger partial charge in [-0.05, 0) is 6.92 Å². The van der Waals surface area contributed by atoms with Crippen LogP contribution in [-0.4, -0.2) is 25.5 Å². The Morgan fingerprint density at radius 3 is 3.00 bits per heavy atom. The quantitative estimate of drug-likeness (QED) is 0.707. The highest BCUT2D eigenvalue weighted by atomic mass is 16.1. The molecule has 0 aliphatic rings. The van der Waals surface area contributed by atoms with Crippen LogP contribution in [0.15, 0.2) is 12.4 Å². The third-order valence-electron chi connectivity index (χ3n) is 1.79. The number of nitrogens with zero attached hydrogens (tertiary/aromatic N) is 4. The average Bonchev–Trinajstić information content (AvgIpc) is 2.49. The van der Waals surface area contributed by atoms with Crippen molar-refractivity contribution in [2.75, 3.05) is 5.32 Å². The molecule has 0 unspecified atom stereocenters. The lowest BCUT2D eigenvalue weighted by atomic mass is 10.5. The van der Waals surface area contributed by atoms with Gasteiger partial charge in [0.05, 0.1) is 5.69 Å². The Morgan fingerprint density at radius 2 is 2.29 bits per heavy atom. The zero-order valence-corrected chi connectivity index (χ0v) is 7.85. The van der Waals surface area contributed by atoms with Gasteiger partial charge in [0.2, 0.25) is 11.9 Å². The normalized spacial score (nSPS) is 10.4. The minimum atomic E-state index is -0.172. The average molecular weight is 191 g/mol. The molecule has 0 bridgehead atoms. The summed E-state index contributed by atoms with van der Waals surface area (Å²) >= 11 is 0. The first-order valence-electron chi connectivity index (χ1n) is 4.12. The Balaban J connectivity index is 2.58. The molecule has 0 aliphatic heterocycles. The summed E-state index contributed by atoms with van der Waals surface area (Å²) in [6.45, 7) is 3.26. The van der Waals surface area contributed by atoms with Gasteiger partial charge in [-0.25, -0.2) is 0 Å². The maximum Gasteiger partial charge on any atom is 0.235 e. The van der Waals surface area contributed by atoms with Crippen LogP contribution in [0.2, 0.25) is 0 Å². The van der Waals surface area contributed by atoms with Crippen molar-refractivity contribution in [3.63, 3.8) is 0 Å². The molecule has 2 aromatic heterocycles. The fourth-order valence-corrected chi connectivity index (χ4v) is 1.19. The lowest BCUT2D eigenvalue weighted by Gasteiger charge is -1.99. The van der Waals surface area contributed by atoms with Crippen LogP contribution in [0.5, 0.6) is 0 Å². The van der Waals surface area contributed by atoms with Crippen molar-refractivity contribution in [1.29, 1.82) is 0 Å². The van der Waals surface area contributed by atoms with Crippen LogP contribution in [0.1, 0.15) is 12.6 Å². The number of hydrogen-bond donors (Lipinski definition) is 1. The first-order chi connectivity index (χ1) is 6.68. The van der Waals surface area contributed by atoms with Gasteiger partial charge >= 0.3 is 0 Å². The third kappa shape index (κ3) is 1.30. The first-order valence-corrected chi connectivity index (χ1v) is 4.12. The summed E-state index contributed by atoms with van der Waals surface area (Å²) in [5.74, 6) is 0.242. The Labute approximate surface area is 80.0 Å². The second-order valence-corrected chi connectivity index (χ2v) is 2.91. The van der Waals surface area contributed by atoms with Crippen LogP contribution < -0.4 is 5.32 Å². The van der Waals surface area contributed by atoms with E-state index >= 15 is 0 Å². The van der Waals surface area contributed by atoms with Gasteiger partial charge in [-0.3, -0.25) is 19.5 Å². The van der Waals surface area contributed by atoms with Crippen LogP contribution in [0, 0.1) is 6.92 Å². The largest absolute Gasteiger partial charge is 0.295 e. The van der Waals surface area contributed by atoms with E-state index in [1.807, 2.05) is 6.92 Å². The van der Waals surface area contributed by atoms with Crippen molar-refractivity contribution in [1.82, 2.24) is 19.6 Å². The number of rotatable bonds is 1. The van der Waals surface area contributed by atoms with Crippen LogP contribution in [0.3, 0.4) is 0 Å². The molecule has 0 saturated carbocycles. The summed E-state index contributed by atoms with van der Waals surface area (Å²) in [5, 5.41) is 10.3. The van der Waals surface area contributed by atoms with Gasteiger partial charge in [0.1, 0.15) is 0 Å². The highest BCUT2D eigenvalue weighted by Gasteiger charge is 2.07. The molecule has 2 aromatic rings. The maximum absolute atomic E-state index is 10.8. The van der Waals surface area contributed by atoms with E-state index in [-0.39, 0.29) is 5.91 Å². The van der Waals surface area contributed by atoms with E-state index in [0.717, 1.165) is 5.69 Å². The smallest absolute Gasteiger partial charge is 0.235 e. The lowest BCUT2D eigenvalue weighted by molar-refractivity contribution is -0.114. The predicted molar refractivity (Wildman–Crippen MR) is 49.8 cm³/mol. The molecule has 0 spiro atoms. The van der Waals surface area contributed by atoms with E-state index in [1.165, 1.54) is 6.92 Å². The number of aryl methyl sites for hydroxylation is 1. The second-order valence-electron chi connectivity index (χ2n) is 2.91. The number of amides is 1. The summed E-state index contributed by atoms with van der Waals surface area (Å²) in [5.41, 5.74) is 1.42. The fourth-order valence-electron chi connectivity index (χ4n) is 1.19. The van der Waals surface area contributed by atoms with Crippen molar-refractivity contribution in [2.24, 2.45) is 0 Å². The van der Waals surface area contributed by atoms with E-state index < -0.39 is 0 Å². The Kier molecular flexibility index (Phi) is 1.88. The number of aromatic nitrogens is 4. The SMILES string of the molecule is CC(=O)Nc1nnc2c(C)nccn12. The van der Waals surface area contributed by atoms with Gasteiger partial charge in [0, 0.05) is 19.3 Å². The summed E-state index contributed by atoms with van der Waals surface area (Å²) < 4.78 is 1.68. The molecule has 2 rings (SSSR count). The predicted octanol–water partition coefficient (Wildman–Crippen LogP) is 0.391. The van der Waals surface area contributed by atoms with Crippen LogP contribution in [-0.2, 0) is 4.79 Å². The molecule has 6 heteroatoms. The number of carbonyl (C=O) groups is 1. The Morgan fingerprint density at radius 1 is 1.50 bits per heavy atom. The molecule has 1 N–H and O–H groups in total. The standard InChI is InChI=1S/C8H9N5O/c1-5-7-11-12-8(10-6(2)14)13(7)4-3-9-5/h3-4H,1-2H3,(H,10,12,14). The fraction of sp³-hybridized carbons (Fsp3) is 0.250. The minimum absolute atomic E-state index is 0.172. The molecule has 72 valence electrons. The molecular weight excluding hydrogens is 182 g/mol. The topological polar surface area (TPSA) is 72.2 Å². The van der Waals surface area contributed by atoms with E-state index in [9.17, 15) is 4.79 Å². The number of carbonyl (C=O) groups excluding carboxylic acids is 1. The summed E-state index contributed by atoms with van der Waals surface area (Å²) in [6.07, 6.45) is 3.34. The van der Waals surface area contributed by atoms with Crippen molar-refractivity contribution >= 4 is 17.5 Å². The van der Waals surface area contributed by atoms with E-state index in [2.05, 4.69) is 20.5 Å². The Hall–Kier alpha value is -1.98. The highest BCUT2D eigenvalue weighted by Crippen LogP contribution is 2.09. The molecular formula is C8H9N5O. The first kappa shape index (κ1) is 8.61.